The summed E-state index contributed by atoms with van der Waals surface area (Å²) in [7, 11) is 0. The Morgan fingerprint density at radius 1 is 1.23 bits per heavy atom. The lowest BCUT2D eigenvalue weighted by molar-refractivity contribution is 0.0495. The van der Waals surface area contributed by atoms with Crippen LogP contribution in [0.15, 0.2) is 24.3 Å². The Morgan fingerprint density at radius 3 is 2.45 bits per heavy atom. The van der Waals surface area contributed by atoms with Crippen LogP contribution in [0.2, 0.25) is 0 Å². The third-order valence-electron chi connectivity index (χ3n) is 3.78. The highest BCUT2D eigenvalue weighted by Crippen LogP contribution is 2.23. The van der Waals surface area contributed by atoms with Gasteiger partial charge in [-0.2, -0.15) is 0 Å². The van der Waals surface area contributed by atoms with E-state index in [0.717, 1.165) is 19.5 Å². The van der Waals surface area contributed by atoms with E-state index in [9.17, 15) is 4.79 Å². The minimum absolute atomic E-state index is 0.125. The molecule has 0 aliphatic carbocycles. The highest BCUT2D eigenvalue weighted by atomic mass is 16.6. The molecule has 0 bridgehead atoms. The molecule has 2 unspecified atom stereocenters. The van der Waals surface area contributed by atoms with Gasteiger partial charge in [-0.25, -0.2) is 4.79 Å². The van der Waals surface area contributed by atoms with E-state index in [0.29, 0.717) is 5.92 Å². The van der Waals surface area contributed by atoms with Crippen molar-refractivity contribution in [1.29, 1.82) is 0 Å². The summed E-state index contributed by atoms with van der Waals surface area (Å²) in [5.74, 6) is 0.537. The number of rotatable bonds is 2. The Kier molecular flexibility index (Phi) is 4.99. The highest BCUT2D eigenvalue weighted by molar-refractivity contribution is 5.68. The summed E-state index contributed by atoms with van der Waals surface area (Å²) in [6, 6.07) is 8.69. The normalized spacial score (nSPS) is 22.3. The van der Waals surface area contributed by atoms with E-state index in [1.165, 1.54) is 11.3 Å². The van der Waals surface area contributed by atoms with Crippen LogP contribution in [-0.2, 0) is 4.74 Å². The first-order valence-corrected chi connectivity index (χ1v) is 8.04. The Labute approximate surface area is 133 Å². The molecule has 4 nitrogen and oxygen atoms in total. The number of aryl methyl sites for hydroxylation is 1. The fraction of sp³-hybridized carbons (Fsp3) is 0.611. The largest absolute Gasteiger partial charge is 0.444 e. The highest BCUT2D eigenvalue weighted by Gasteiger charge is 2.27. The SMILES string of the molecule is Cc1ccc(N2CC(C)CC(NC(=O)OC(C)(C)C)C2)cc1. The third-order valence-corrected chi connectivity index (χ3v) is 3.78. The average Bonchev–Trinajstić information content (AvgIpc) is 2.36. The molecule has 2 atom stereocenters. The molecule has 1 aromatic rings. The van der Waals surface area contributed by atoms with Gasteiger partial charge in [-0.05, 0) is 52.2 Å². The van der Waals surface area contributed by atoms with Crippen molar-refractivity contribution in [3.8, 4) is 0 Å². The van der Waals surface area contributed by atoms with E-state index < -0.39 is 5.60 Å². The number of amides is 1. The first-order chi connectivity index (χ1) is 10.2. The van der Waals surface area contributed by atoms with Crippen LogP contribution in [0.1, 0.15) is 39.7 Å². The molecule has 1 saturated heterocycles. The van der Waals surface area contributed by atoms with Crippen molar-refractivity contribution in [3.63, 3.8) is 0 Å². The van der Waals surface area contributed by atoms with Crippen molar-refractivity contribution < 1.29 is 9.53 Å². The van der Waals surface area contributed by atoms with Crippen molar-refractivity contribution in [2.75, 3.05) is 18.0 Å². The second-order valence-corrected chi connectivity index (χ2v) is 7.42. The number of carbonyl (C=O) groups excluding carboxylic acids is 1. The van der Waals surface area contributed by atoms with Gasteiger partial charge in [0.05, 0.1) is 0 Å². The minimum Gasteiger partial charge on any atom is -0.444 e. The topological polar surface area (TPSA) is 41.6 Å². The molecule has 1 fully saturated rings. The van der Waals surface area contributed by atoms with Gasteiger partial charge in [0.2, 0.25) is 0 Å². The number of carbonyl (C=O) groups is 1. The number of piperidine rings is 1. The third kappa shape index (κ3) is 4.93. The number of nitrogens with one attached hydrogen (secondary N) is 1. The van der Waals surface area contributed by atoms with Crippen LogP contribution in [0.5, 0.6) is 0 Å². The number of ether oxygens (including phenoxy) is 1. The lowest BCUT2D eigenvalue weighted by atomic mass is 9.95. The molecule has 122 valence electrons. The van der Waals surface area contributed by atoms with E-state index in [2.05, 4.69) is 48.3 Å². The summed E-state index contributed by atoms with van der Waals surface area (Å²) >= 11 is 0. The summed E-state index contributed by atoms with van der Waals surface area (Å²) in [6.07, 6.45) is 0.664. The standard InChI is InChI=1S/C18H28N2O2/c1-13-6-8-16(9-7-13)20-11-14(2)10-15(12-20)19-17(21)22-18(3,4)5/h6-9,14-15H,10-12H2,1-5H3,(H,19,21). The van der Waals surface area contributed by atoms with Crippen LogP contribution in [0.25, 0.3) is 0 Å². The summed E-state index contributed by atoms with van der Waals surface area (Å²) in [4.78, 5) is 14.3. The Bertz CT molecular complexity index is 505. The van der Waals surface area contributed by atoms with Crippen molar-refractivity contribution in [2.24, 2.45) is 5.92 Å². The molecule has 1 aliphatic rings. The predicted octanol–water partition coefficient (Wildman–Crippen LogP) is 3.73. The molecule has 1 aromatic carbocycles. The van der Waals surface area contributed by atoms with E-state index in [4.69, 9.17) is 4.74 Å². The zero-order valence-electron chi connectivity index (χ0n) is 14.3. The van der Waals surface area contributed by atoms with Crippen molar-refractivity contribution in [2.45, 2.75) is 52.7 Å². The van der Waals surface area contributed by atoms with Crippen molar-refractivity contribution in [3.05, 3.63) is 29.8 Å². The first kappa shape index (κ1) is 16.7. The van der Waals surface area contributed by atoms with E-state index >= 15 is 0 Å². The zero-order valence-corrected chi connectivity index (χ0v) is 14.3. The maximum atomic E-state index is 12.0. The number of hydrogen-bond acceptors (Lipinski definition) is 3. The maximum absolute atomic E-state index is 12.0. The molecule has 1 amide bonds. The van der Waals surface area contributed by atoms with Gasteiger partial charge in [-0.1, -0.05) is 24.6 Å². The number of alkyl carbamates (subject to hydrolysis) is 1. The molecule has 0 spiro atoms. The predicted molar refractivity (Wildman–Crippen MR) is 90.3 cm³/mol. The Hall–Kier alpha value is -1.71. The van der Waals surface area contributed by atoms with Crippen molar-refractivity contribution in [1.82, 2.24) is 5.32 Å². The molecule has 22 heavy (non-hydrogen) atoms. The molecular formula is C18H28N2O2. The minimum atomic E-state index is -0.457. The molecule has 0 aromatic heterocycles. The molecule has 4 heteroatoms. The summed E-state index contributed by atoms with van der Waals surface area (Å²) in [6.45, 7) is 11.8. The van der Waals surface area contributed by atoms with E-state index in [1.54, 1.807) is 0 Å². The van der Waals surface area contributed by atoms with E-state index in [1.807, 2.05) is 20.8 Å². The van der Waals surface area contributed by atoms with Gasteiger partial charge >= 0.3 is 6.09 Å². The first-order valence-electron chi connectivity index (χ1n) is 8.04. The van der Waals surface area contributed by atoms with Gasteiger partial charge < -0.3 is 15.0 Å². The summed E-state index contributed by atoms with van der Waals surface area (Å²) in [5, 5.41) is 3.01. The van der Waals surface area contributed by atoms with Crippen LogP contribution >= 0.6 is 0 Å². The second-order valence-electron chi connectivity index (χ2n) is 7.42. The molecular weight excluding hydrogens is 276 g/mol. The Balaban J connectivity index is 1.99. The zero-order chi connectivity index (χ0) is 16.3. The lowest BCUT2D eigenvalue weighted by Crippen LogP contribution is -2.51. The fourth-order valence-corrected chi connectivity index (χ4v) is 2.90. The van der Waals surface area contributed by atoms with E-state index in [-0.39, 0.29) is 12.1 Å². The van der Waals surface area contributed by atoms with Gasteiger partial charge in [0, 0.05) is 24.8 Å². The van der Waals surface area contributed by atoms with Crippen molar-refractivity contribution >= 4 is 11.8 Å². The molecule has 1 heterocycles. The molecule has 1 N–H and O–H groups in total. The number of benzene rings is 1. The summed E-state index contributed by atoms with van der Waals surface area (Å²) in [5.41, 5.74) is 2.02. The number of hydrogen-bond donors (Lipinski definition) is 1. The lowest BCUT2D eigenvalue weighted by Gasteiger charge is -2.38. The van der Waals surface area contributed by atoms with Crippen LogP contribution in [0.3, 0.4) is 0 Å². The molecule has 2 rings (SSSR count). The smallest absolute Gasteiger partial charge is 0.407 e. The molecule has 1 aliphatic heterocycles. The van der Waals surface area contributed by atoms with Crippen LogP contribution in [0.4, 0.5) is 10.5 Å². The van der Waals surface area contributed by atoms with Crippen LogP contribution < -0.4 is 10.2 Å². The van der Waals surface area contributed by atoms with Crippen LogP contribution in [0, 0.1) is 12.8 Å². The maximum Gasteiger partial charge on any atom is 0.407 e. The van der Waals surface area contributed by atoms with Gasteiger partial charge in [0.1, 0.15) is 5.60 Å². The van der Waals surface area contributed by atoms with Crippen LogP contribution in [-0.4, -0.2) is 30.8 Å². The van der Waals surface area contributed by atoms with Gasteiger partial charge in [0.25, 0.3) is 0 Å². The second kappa shape index (κ2) is 6.59. The number of anilines is 1. The molecule has 0 saturated carbocycles. The average molecular weight is 304 g/mol. The quantitative estimate of drug-likeness (QED) is 0.905. The summed E-state index contributed by atoms with van der Waals surface area (Å²) < 4.78 is 5.36. The van der Waals surface area contributed by atoms with Gasteiger partial charge in [-0.3, -0.25) is 0 Å². The van der Waals surface area contributed by atoms with Gasteiger partial charge in [0.15, 0.2) is 0 Å². The fourth-order valence-electron chi connectivity index (χ4n) is 2.90. The number of nitrogens with zero attached hydrogens (tertiary/aromatic N) is 1. The monoisotopic (exact) mass is 304 g/mol. The molecule has 0 radical (unpaired) electrons. The van der Waals surface area contributed by atoms with Gasteiger partial charge in [-0.15, -0.1) is 0 Å². The Morgan fingerprint density at radius 2 is 1.86 bits per heavy atom.